The molecule has 21 heavy (non-hydrogen) atoms. The van der Waals surface area contributed by atoms with Gasteiger partial charge in [0.1, 0.15) is 0 Å². The number of thioether (sulfide) groups is 1. The molecule has 0 spiro atoms. The zero-order valence-corrected chi connectivity index (χ0v) is 13.0. The van der Waals surface area contributed by atoms with Crippen LogP contribution in [0.5, 0.6) is 0 Å². The van der Waals surface area contributed by atoms with Gasteiger partial charge in [0.2, 0.25) is 5.91 Å². The van der Waals surface area contributed by atoms with Crippen molar-refractivity contribution in [1.82, 2.24) is 10.6 Å². The van der Waals surface area contributed by atoms with Gasteiger partial charge in [0, 0.05) is 36.2 Å². The molecule has 0 aromatic heterocycles. The van der Waals surface area contributed by atoms with E-state index in [9.17, 15) is 4.79 Å². The maximum Gasteiger partial charge on any atom is 0.222 e. The third kappa shape index (κ3) is 3.71. The summed E-state index contributed by atoms with van der Waals surface area (Å²) in [6.07, 6.45) is 3.77. The molecular weight excluding hydrogens is 282 g/mol. The third-order valence-corrected chi connectivity index (χ3v) is 5.38. The fraction of sp³-hybridized carbons (Fsp3) is 0.562. The molecule has 114 valence electrons. The lowest BCUT2D eigenvalue weighted by Crippen LogP contribution is -2.42. The molecule has 2 atom stereocenters. The number of hydrogen-bond donors (Lipinski definition) is 3. The molecule has 1 saturated heterocycles. The highest BCUT2D eigenvalue weighted by atomic mass is 32.2. The van der Waals surface area contributed by atoms with Gasteiger partial charge in [0.15, 0.2) is 0 Å². The van der Waals surface area contributed by atoms with E-state index < -0.39 is 0 Å². The second-order valence-electron chi connectivity index (χ2n) is 5.90. The first kappa shape index (κ1) is 14.7. The van der Waals surface area contributed by atoms with Gasteiger partial charge in [0.25, 0.3) is 0 Å². The van der Waals surface area contributed by atoms with Gasteiger partial charge in [-0.05, 0) is 42.5 Å². The maximum absolute atomic E-state index is 12.3. The number of fused-ring (bicyclic) bond motifs is 1. The van der Waals surface area contributed by atoms with Gasteiger partial charge in [0.05, 0.1) is 6.04 Å². The molecule has 1 amide bonds. The Morgan fingerprint density at radius 3 is 3.19 bits per heavy atom. The number of nitrogens with one attached hydrogen (secondary N) is 2. The topological polar surface area (TPSA) is 67.1 Å². The summed E-state index contributed by atoms with van der Waals surface area (Å²) >= 11 is 1.92. The Kier molecular flexibility index (Phi) is 4.70. The summed E-state index contributed by atoms with van der Waals surface area (Å²) < 4.78 is 0. The summed E-state index contributed by atoms with van der Waals surface area (Å²) in [5.41, 5.74) is 9.20. The second kappa shape index (κ2) is 6.71. The van der Waals surface area contributed by atoms with E-state index in [0.717, 1.165) is 43.0 Å². The first-order valence-electron chi connectivity index (χ1n) is 7.71. The largest absolute Gasteiger partial charge is 0.399 e. The molecule has 0 radical (unpaired) electrons. The second-order valence-corrected chi connectivity index (χ2v) is 7.05. The van der Waals surface area contributed by atoms with Crippen molar-refractivity contribution in [3.63, 3.8) is 0 Å². The number of carbonyl (C=O) groups is 1. The maximum atomic E-state index is 12.3. The predicted octanol–water partition coefficient (Wildman–Crippen LogP) is 1.86. The van der Waals surface area contributed by atoms with Crippen LogP contribution in [0.3, 0.4) is 0 Å². The minimum Gasteiger partial charge on any atom is -0.399 e. The molecule has 1 aromatic carbocycles. The van der Waals surface area contributed by atoms with Gasteiger partial charge < -0.3 is 16.4 Å². The number of nitrogen functional groups attached to an aromatic ring is 1. The molecule has 5 heteroatoms. The van der Waals surface area contributed by atoms with Crippen molar-refractivity contribution in [2.24, 2.45) is 0 Å². The molecule has 3 rings (SSSR count). The van der Waals surface area contributed by atoms with Crippen LogP contribution in [-0.2, 0) is 11.2 Å². The number of aryl methyl sites for hydroxylation is 1. The average molecular weight is 305 g/mol. The number of benzene rings is 1. The SMILES string of the molecule is Nc1ccc2c(c1)CCCC2NC(=O)CC1CSCCN1. The lowest BCUT2D eigenvalue weighted by Gasteiger charge is -2.28. The summed E-state index contributed by atoms with van der Waals surface area (Å²) in [7, 11) is 0. The van der Waals surface area contributed by atoms with Gasteiger partial charge >= 0.3 is 0 Å². The van der Waals surface area contributed by atoms with E-state index in [0.29, 0.717) is 12.5 Å². The van der Waals surface area contributed by atoms with Crippen molar-refractivity contribution in [2.45, 2.75) is 37.8 Å². The molecule has 1 aliphatic heterocycles. The number of hydrogen-bond acceptors (Lipinski definition) is 4. The highest BCUT2D eigenvalue weighted by Crippen LogP contribution is 2.31. The molecule has 2 unspecified atom stereocenters. The van der Waals surface area contributed by atoms with Gasteiger partial charge in [-0.1, -0.05) is 6.07 Å². The van der Waals surface area contributed by atoms with Crippen LogP contribution in [0.2, 0.25) is 0 Å². The van der Waals surface area contributed by atoms with Crippen LogP contribution in [0.15, 0.2) is 18.2 Å². The van der Waals surface area contributed by atoms with Crippen molar-refractivity contribution in [2.75, 3.05) is 23.8 Å². The van der Waals surface area contributed by atoms with Crippen LogP contribution < -0.4 is 16.4 Å². The Morgan fingerprint density at radius 1 is 1.48 bits per heavy atom. The van der Waals surface area contributed by atoms with Crippen molar-refractivity contribution >= 4 is 23.4 Å². The summed E-state index contributed by atoms with van der Waals surface area (Å²) in [6.45, 7) is 1.01. The van der Waals surface area contributed by atoms with E-state index in [1.807, 2.05) is 23.9 Å². The molecular formula is C16H23N3OS. The van der Waals surface area contributed by atoms with E-state index in [2.05, 4.69) is 16.7 Å². The zero-order valence-electron chi connectivity index (χ0n) is 12.2. The summed E-state index contributed by atoms with van der Waals surface area (Å²) in [4.78, 5) is 12.3. The number of amides is 1. The van der Waals surface area contributed by atoms with E-state index >= 15 is 0 Å². The highest BCUT2D eigenvalue weighted by molar-refractivity contribution is 7.99. The lowest BCUT2D eigenvalue weighted by molar-refractivity contribution is -0.122. The minimum atomic E-state index is 0.151. The van der Waals surface area contributed by atoms with E-state index in [1.54, 1.807) is 0 Å². The van der Waals surface area contributed by atoms with Crippen molar-refractivity contribution in [3.05, 3.63) is 29.3 Å². The van der Waals surface area contributed by atoms with Crippen LogP contribution >= 0.6 is 11.8 Å². The van der Waals surface area contributed by atoms with Crippen LogP contribution in [-0.4, -0.2) is 30.0 Å². The summed E-state index contributed by atoms with van der Waals surface area (Å²) in [5, 5.41) is 6.63. The Bertz CT molecular complexity index is 514. The highest BCUT2D eigenvalue weighted by Gasteiger charge is 2.23. The third-order valence-electron chi connectivity index (χ3n) is 4.25. The van der Waals surface area contributed by atoms with Gasteiger partial charge in [-0.15, -0.1) is 0 Å². The Hall–Kier alpha value is -1.20. The molecule has 1 aliphatic carbocycles. The Labute approximate surface area is 130 Å². The average Bonchev–Trinajstić information content (AvgIpc) is 2.48. The number of anilines is 1. The Balaban J connectivity index is 1.61. The molecule has 0 bridgehead atoms. The van der Waals surface area contributed by atoms with Gasteiger partial charge in [-0.3, -0.25) is 4.79 Å². The minimum absolute atomic E-state index is 0.151. The predicted molar refractivity (Wildman–Crippen MR) is 88.4 cm³/mol. The fourth-order valence-corrected chi connectivity index (χ4v) is 4.16. The molecule has 1 heterocycles. The smallest absolute Gasteiger partial charge is 0.222 e. The standard InChI is InChI=1S/C16H23N3OS/c17-12-4-5-14-11(8-12)2-1-3-15(14)19-16(20)9-13-10-21-7-6-18-13/h4-5,8,13,15,18H,1-3,6-7,9-10,17H2,(H,19,20). The summed E-state index contributed by atoms with van der Waals surface area (Å²) in [6, 6.07) is 6.52. The van der Waals surface area contributed by atoms with Crippen molar-refractivity contribution in [1.29, 1.82) is 0 Å². The molecule has 0 saturated carbocycles. The number of nitrogens with two attached hydrogens (primary N) is 1. The van der Waals surface area contributed by atoms with Crippen LogP contribution in [0.4, 0.5) is 5.69 Å². The van der Waals surface area contributed by atoms with E-state index in [4.69, 9.17) is 5.73 Å². The zero-order chi connectivity index (χ0) is 14.7. The van der Waals surface area contributed by atoms with Crippen LogP contribution in [0.1, 0.15) is 36.4 Å². The quantitative estimate of drug-likeness (QED) is 0.746. The first-order valence-corrected chi connectivity index (χ1v) is 8.86. The number of rotatable bonds is 3. The Morgan fingerprint density at radius 2 is 2.38 bits per heavy atom. The van der Waals surface area contributed by atoms with E-state index in [-0.39, 0.29) is 11.9 Å². The lowest BCUT2D eigenvalue weighted by atomic mass is 9.87. The van der Waals surface area contributed by atoms with E-state index in [1.165, 1.54) is 11.1 Å². The van der Waals surface area contributed by atoms with Crippen molar-refractivity contribution < 1.29 is 4.79 Å². The fourth-order valence-electron chi connectivity index (χ4n) is 3.21. The van der Waals surface area contributed by atoms with Gasteiger partial charge in [-0.2, -0.15) is 11.8 Å². The monoisotopic (exact) mass is 305 g/mol. The molecule has 4 nitrogen and oxygen atoms in total. The van der Waals surface area contributed by atoms with Crippen LogP contribution in [0, 0.1) is 0 Å². The molecule has 4 N–H and O–H groups in total. The molecule has 1 aromatic rings. The van der Waals surface area contributed by atoms with Crippen LogP contribution in [0.25, 0.3) is 0 Å². The molecule has 1 fully saturated rings. The number of carbonyl (C=O) groups excluding carboxylic acids is 1. The van der Waals surface area contributed by atoms with Crippen molar-refractivity contribution in [3.8, 4) is 0 Å². The molecule has 2 aliphatic rings. The summed E-state index contributed by atoms with van der Waals surface area (Å²) in [5.74, 6) is 2.34. The first-order chi connectivity index (χ1) is 10.2. The van der Waals surface area contributed by atoms with Gasteiger partial charge in [-0.25, -0.2) is 0 Å². The normalized spacial score (nSPS) is 25.1.